The van der Waals surface area contributed by atoms with E-state index in [1.807, 2.05) is 37.4 Å². The standard InChI is InChI=1S/C14H16BrN3O/c1-18(14-5-6-17-10-13(14)16)7-8-19-12-4-2-3-11(15)9-12/h2-6,9-10H,7-8,16H2,1H3. The molecular formula is C14H16BrN3O. The molecule has 4 nitrogen and oxygen atoms in total. The number of anilines is 2. The van der Waals surface area contributed by atoms with E-state index in [-0.39, 0.29) is 0 Å². The van der Waals surface area contributed by atoms with Crippen molar-refractivity contribution in [2.45, 2.75) is 0 Å². The number of rotatable bonds is 5. The quantitative estimate of drug-likeness (QED) is 0.919. The topological polar surface area (TPSA) is 51.4 Å². The van der Waals surface area contributed by atoms with Gasteiger partial charge in [0.25, 0.3) is 0 Å². The first kappa shape index (κ1) is 13.7. The van der Waals surface area contributed by atoms with E-state index in [1.165, 1.54) is 0 Å². The summed E-state index contributed by atoms with van der Waals surface area (Å²) in [7, 11) is 1.98. The second kappa shape index (κ2) is 6.43. The zero-order chi connectivity index (χ0) is 13.7. The smallest absolute Gasteiger partial charge is 0.120 e. The molecule has 1 aromatic carbocycles. The predicted octanol–water partition coefficient (Wildman–Crippen LogP) is 2.94. The van der Waals surface area contributed by atoms with E-state index >= 15 is 0 Å². The van der Waals surface area contributed by atoms with Crippen molar-refractivity contribution in [3.8, 4) is 5.75 Å². The van der Waals surface area contributed by atoms with Gasteiger partial charge in [-0.15, -0.1) is 0 Å². The molecule has 19 heavy (non-hydrogen) atoms. The Kier molecular flexibility index (Phi) is 4.63. The molecule has 0 amide bonds. The lowest BCUT2D eigenvalue weighted by molar-refractivity contribution is 0.326. The number of hydrogen-bond donors (Lipinski definition) is 1. The summed E-state index contributed by atoms with van der Waals surface area (Å²) in [5.74, 6) is 0.852. The second-order valence-corrected chi connectivity index (χ2v) is 5.08. The Morgan fingerprint density at radius 3 is 2.95 bits per heavy atom. The molecule has 0 spiro atoms. The summed E-state index contributed by atoms with van der Waals surface area (Å²) in [5.41, 5.74) is 7.51. The van der Waals surface area contributed by atoms with Crippen molar-refractivity contribution < 1.29 is 4.74 Å². The highest BCUT2D eigenvalue weighted by Gasteiger charge is 2.04. The number of benzene rings is 1. The first-order chi connectivity index (χ1) is 9.16. The van der Waals surface area contributed by atoms with Gasteiger partial charge in [-0.2, -0.15) is 0 Å². The number of likely N-dealkylation sites (N-methyl/N-ethyl adjacent to an activating group) is 1. The van der Waals surface area contributed by atoms with Crippen molar-refractivity contribution in [3.05, 3.63) is 47.2 Å². The minimum Gasteiger partial charge on any atom is -0.492 e. The molecule has 2 N–H and O–H groups in total. The highest BCUT2D eigenvalue weighted by molar-refractivity contribution is 9.10. The van der Waals surface area contributed by atoms with Crippen LogP contribution in [0.25, 0.3) is 0 Å². The molecule has 0 saturated carbocycles. The lowest BCUT2D eigenvalue weighted by Crippen LogP contribution is -2.24. The van der Waals surface area contributed by atoms with Crippen molar-refractivity contribution >= 4 is 27.3 Å². The molecule has 5 heteroatoms. The molecule has 2 rings (SSSR count). The van der Waals surface area contributed by atoms with Gasteiger partial charge in [-0.05, 0) is 24.3 Å². The fourth-order valence-electron chi connectivity index (χ4n) is 1.72. The highest BCUT2D eigenvalue weighted by atomic mass is 79.9. The van der Waals surface area contributed by atoms with Gasteiger partial charge in [-0.3, -0.25) is 4.98 Å². The van der Waals surface area contributed by atoms with Crippen molar-refractivity contribution in [1.29, 1.82) is 0 Å². The average molecular weight is 322 g/mol. The minimum atomic E-state index is 0.592. The van der Waals surface area contributed by atoms with Crippen LogP contribution < -0.4 is 15.4 Å². The first-order valence-electron chi connectivity index (χ1n) is 5.96. The van der Waals surface area contributed by atoms with E-state index in [1.54, 1.807) is 12.4 Å². The van der Waals surface area contributed by atoms with Gasteiger partial charge in [0.05, 0.1) is 24.1 Å². The maximum Gasteiger partial charge on any atom is 0.120 e. The molecule has 0 aliphatic carbocycles. The third kappa shape index (κ3) is 3.86. The number of hydrogen-bond acceptors (Lipinski definition) is 4. The van der Waals surface area contributed by atoms with Gasteiger partial charge in [0, 0.05) is 17.7 Å². The lowest BCUT2D eigenvalue weighted by Gasteiger charge is -2.20. The van der Waals surface area contributed by atoms with Crippen LogP contribution in [0, 0.1) is 0 Å². The number of aromatic nitrogens is 1. The van der Waals surface area contributed by atoms with Crippen molar-refractivity contribution in [2.24, 2.45) is 0 Å². The van der Waals surface area contributed by atoms with E-state index in [9.17, 15) is 0 Å². The Morgan fingerprint density at radius 1 is 1.37 bits per heavy atom. The van der Waals surface area contributed by atoms with Crippen LogP contribution in [0.15, 0.2) is 47.2 Å². The number of ether oxygens (including phenoxy) is 1. The molecule has 0 unspecified atom stereocenters. The molecule has 0 radical (unpaired) electrons. The predicted molar refractivity (Wildman–Crippen MR) is 81.6 cm³/mol. The van der Waals surface area contributed by atoms with Gasteiger partial charge < -0.3 is 15.4 Å². The van der Waals surface area contributed by atoms with Crippen LogP contribution in [-0.2, 0) is 0 Å². The van der Waals surface area contributed by atoms with E-state index in [0.29, 0.717) is 12.3 Å². The molecule has 0 bridgehead atoms. The summed E-state index contributed by atoms with van der Waals surface area (Å²) in [6, 6.07) is 9.70. The van der Waals surface area contributed by atoms with Crippen LogP contribution in [0.5, 0.6) is 5.75 Å². The van der Waals surface area contributed by atoms with Crippen LogP contribution >= 0.6 is 15.9 Å². The Hall–Kier alpha value is -1.75. The van der Waals surface area contributed by atoms with Crippen LogP contribution in [0.4, 0.5) is 11.4 Å². The fraction of sp³-hybridized carbons (Fsp3) is 0.214. The monoisotopic (exact) mass is 321 g/mol. The van der Waals surface area contributed by atoms with Gasteiger partial charge >= 0.3 is 0 Å². The summed E-state index contributed by atoms with van der Waals surface area (Å²) in [6.07, 6.45) is 3.39. The van der Waals surface area contributed by atoms with Gasteiger partial charge in [0.1, 0.15) is 12.4 Å². The minimum absolute atomic E-state index is 0.592. The van der Waals surface area contributed by atoms with Crippen LogP contribution in [0.1, 0.15) is 0 Å². The molecular weight excluding hydrogens is 306 g/mol. The summed E-state index contributed by atoms with van der Waals surface area (Å²) < 4.78 is 6.70. The van der Waals surface area contributed by atoms with E-state index in [2.05, 4.69) is 25.8 Å². The summed E-state index contributed by atoms with van der Waals surface area (Å²) in [4.78, 5) is 6.03. The first-order valence-corrected chi connectivity index (χ1v) is 6.75. The number of nitrogen functional groups attached to an aromatic ring is 1. The zero-order valence-corrected chi connectivity index (χ0v) is 12.3. The molecule has 0 atom stereocenters. The molecule has 1 aromatic heterocycles. The molecule has 100 valence electrons. The summed E-state index contributed by atoms with van der Waals surface area (Å²) in [5, 5.41) is 0. The third-order valence-corrected chi connectivity index (χ3v) is 3.22. The van der Waals surface area contributed by atoms with Crippen LogP contribution in [-0.4, -0.2) is 25.2 Å². The number of nitrogens with two attached hydrogens (primary N) is 1. The molecule has 2 aromatic rings. The molecule has 0 aliphatic heterocycles. The maximum absolute atomic E-state index is 5.87. The second-order valence-electron chi connectivity index (χ2n) is 4.16. The summed E-state index contributed by atoms with van der Waals surface area (Å²) in [6.45, 7) is 1.34. The number of nitrogens with zero attached hydrogens (tertiary/aromatic N) is 2. The highest BCUT2D eigenvalue weighted by Crippen LogP contribution is 2.20. The number of halogens is 1. The van der Waals surface area contributed by atoms with Crippen LogP contribution in [0.2, 0.25) is 0 Å². The van der Waals surface area contributed by atoms with Gasteiger partial charge in [0.15, 0.2) is 0 Å². The average Bonchev–Trinajstić information content (AvgIpc) is 2.39. The Morgan fingerprint density at radius 2 is 2.21 bits per heavy atom. The molecule has 0 aliphatic rings. The summed E-state index contributed by atoms with van der Waals surface area (Å²) >= 11 is 3.42. The Bertz CT molecular complexity index is 548. The normalized spacial score (nSPS) is 10.2. The van der Waals surface area contributed by atoms with E-state index in [4.69, 9.17) is 10.5 Å². The van der Waals surface area contributed by atoms with Crippen molar-refractivity contribution in [2.75, 3.05) is 30.8 Å². The van der Waals surface area contributed by atoms with Crippen molar-refractivity contribution in [1.82, 2.24) is 4.98 Å². The van der Waals surface area contributed by atoms with Gasteiger partial charge in [-0.25, -0.2) is 0 Å². The molecule has 0 fully saturated rings. The SMILES string of the molecule is CN(CCOc1cccc(Br)c1)c1ccncc1N. The van der Waals surface area contributed by atoms with E-state index in [0.717, 1.165) is 22.5 Å². The van der Waals surface area contributed by atoms with Crippen LogP contribution in [0.3, 0.4) is 0 Å². The van der Waals surface area contributed by atoms with E-state index < -0.39 is 0 Å². The molecule has 1 heterocycles. The third-order valence-electron chi connectivity index (χ3n) is 2.73. The number of pyridine rings is 1. The van der Waals surface area contributed by atoms with Crippen molar-refractivity contribution in [3.63, 3.8) is 0 Å². The molecule has 0 saturated heterocycles. The van der Waals surface area contributed by atoms with Gasteiger partial charge in [-0.1, -0.05) is 22.0 Å². The lowest BCUT2D eigenvalue weighted by atomic mass is 10.3. The Balaban J connectivity index is 1.88. The largest absolute Gasteiger partial charge is 0.492 e. The fourth-order valence-corrected chi connectivity index (χ4v) is 2.10. The maximum atomic E-state index is 5.87. The zero-order valence-electron chi connectivity index (χ0n) is 10.7. The van der Waals surface area contributed by atoms with Gasteiger partial charge in [0.2, 0.25) is 0 Å². The Labute approximate surface area is 121 Å².